The predicted molar refractivity (Wildman–Crippen MR) is 98.6 cm³/mol. The second-order valence-electron chi connectivity index (χ2n) is 5.66. The van der Waals surface area contributed by atoms with E-state index in [4.69, 9.17) is 16.3 Å². The van der Waals surface area contributed by atoms with Gasteiger partial charge in [0.05, 0.1) is 31.2 Å². The molecule has 0 unspecified atom stereocenters. The van der Waals surface area contributed by atoms with Crippen molar-refractivity contribution in [2.45, 2.75) is 13.3 Å². The van der Waals surface area contributed by atoms with Gasteiger partial charge >= 0.3 is 0 Å². The van der Waals surface area contributed by atoms with Crippen molar-refractivity contribution in [2.24, 2.45) is 0 Å². The number of aryl methyl sites for hydroxylation is 1. The van der Waals surface area contributed by atoms with Crippen LogP contribution in [0.1, 0.15) is 11.3 Å². The molecule has 0 saturated heterocycles. The number of carbonyl (C=O) groups excluding carboxylic acids is 1. The molecule has 1 heterocycles. The molecule has 0 fully saturated rings. The van der Waals surface area contributed by atoms with Crippen molar-refractivity contribution in [3.8, 4) is 11.4 Å². The molecule has 0 spiro atoms. The molecule has 25 heavy (non-hydrogen) atoms. The van der Waals surface area contributed by atoms with E-state index in [-0.39, 0.29) is 12.3 Å². The SMILES string of the molecule is COc1ccc(NC(=O)Cc2ccc(Cl)cc2)cc1-n1cnc(C)c1. The van der Waals surface area contributed by atoms with Gasteiger partial charge in [-0.1, -0.05) is 23.7 Å². The Labute approximate surface area is 151 Å². The minimum Gasteiger partial charge on any atom is -0.495 e. The second-order valence-corrected chi connectivity index (χ2v) is 6.10. The lowest BCUT2D eigenvalue weighted by atomic mass is 10.1. The maximum absolute atomic E-state index is 12.3. The van der Waals surface area contributed by atoms with Gasteiger partial charge in [0, 0.05) is 16.9 Å². The van der Waals surface area contributed by atoms with Gasteiger partial charge in [0.25, 0.3) is 0 Å². The van der Waals surface area contributed by atoms with E-state index in [0.717, 1.165) is 16.9 Å². The Morgan fingerprint density at radius 3 is 2.64 bits per heavy atom. The van der Waals surface area contributed by atoms with Gasteiger partial charge in [-0.15, -0.1) is 0 Å². The number of anilines is 1. The monoisotopic (exact) mass is 355 g/mol. The summed E-state index contributed by atoms with van der Waals surface area (Å²) in [5.74, 6) is 0.605. The molecule has 0 saturated carbocycles. The standard InChI is InChI=1S/C19H18ClN3O2/c1-13-11-23(12-21-13)17-10-16(7-8-18(17)25-2)22-19(24)9-14-3-5-15(20)6-4-14/h3-8,10-12H,9H2,1-2H3,(H,22,24). The molecule has 3 aromatic rings. The fourth-order valence-electron chi connectivity index (χ4n) is 2.52. The third-order valence-corrected chi connectivity index (χ3v) is 3.98. The summed E-state index contributed by atoms with van der Waals surface area (Å²) < 4.78 is 7.27. The highest BCUT2D eigenvalue weighted by Gasteiger charge is 2.10. The first kappa shape index (κ1) is 17.0. The average Bonchev–Trinajstić information content (AvgIpc) is 3.03. The minimum atomic E-state index is -0.0970. The van der Waals surface area contributed by atoms with E-state index >= 15 is 0 Å². The molecule has 0 atom stereocenters. The first-order chi connectivity index (χ1) is 12.0. The number of methoxy groups -OCH3 is 1. The molecule has 1 N–H and O–H groups in total. The van der Waals surface area contributed by atoms with E-state index in [1.807, 2.05) is 48.0 Å². The number of hydrogen-bond donors (Lipinski definition) is 1. The van der Waals surface area contributed by atoms with Crippen molar-refractivity contribution in [3.05, 3.63) is 71.3 Å². The first-order valence-corrected chi connectivity index (χ1v) is 8.16. The Morgan fingerprint density at radius 2 is 2.00 bits per heavy atom. The summed E-state index contributed by atoms with van der Waals surface area (Å²) in [4.78, 5) is 16.5. The number of imidazole rings is 1. The molecule has 128 valence electrons. The van der Waals surface area contributed by atoms with Crippen LogP contribution in [0.15, 0.2) is 55.0 Å². The summed E-state index contributed by atoms with van der Waals surface area (Å²) in [6.07, 6.45) is 3.90. The highest BCUT2D eigenvalue weighted by atomic mass is 35.5. The zero-order valence-electron chi connectivity index (χ0n) is 14.0. The summed E-state index contributed by atoms with van der Waals surface area (Å²) in [6, 6.07) is 12.7. The van der Waals surface area contributed by atoms with Gasteiger partial charge in [0.2, 0.25) is 5.91 Å². The number of carbonyl (C=O) groups is 1. The summed E-state index contributed by atoms with van der Waals surface area (Å²) in [5, 5.41) is 3.56. The third-order valence-electron chi connectivity index (χ3n) is 3.73. The molecule has 1 aromatic heterocycles. The largest absolute Gasteiger partial charge is 0.495 e. The molecular weight excluding hydrogens is 338 g/mol. The summed E-state index contributed by atoms with van der Waals surface area (Å²) >= 11 is 5.86. The maximum Gasteiger partial charge on any atom is 0.228 e. The lowest BCUT2D eigenvalue weighted by molar-refractivity contribution is -0.115. The fraction of sp³-hybridized carbons (Fsp3) is 0.158. The molecule has 0 aliphatic carbocycles. The van der Waals surface area contributed by atoms with Crippen LogP contribution in [0.25, 0.3) is 5.69 Å². The molecule has 3 rings (SSSR count). The van der Waals surface area contributed by atoms with E-state index in [1.165, 1.54) is 0 Å². The zero-order chi connectivity index (χ0) is 17.8. The molecule has 0 bridgehead atoms. The van der Waals surface area contributed by atoms with Crippen LogP contribution in [0.5, 0.6) is 5.75 Å². The molecule has 0 aliphatic rings. The third kappa shape index (κ3) is 4.19. The molecule has 5 nitrogen and oxygen atoms in total. The van der Waals surface area contributed by atoms with Gasteiger partial charge in [0.15, 0.2) is 0 Å². The van der Waals surface area contributed by atoms with E-state index in [2.05, 4.69) is 10.3 Å². The highest BCUT2D eigenvalue weighted by molar-refractivity contribution is 6.30. The van der Waals surface area contributed by atoms with Crippen molar-refractivity contribution in [1.82, 2.24) is 9.55 Å². The number of nitrogens with one attached hydrogen (secondary N) is 1. The number of ether oxygens (including phenoxy) is 1. The number of aromatic nitrogens is 2. The number of halogens is 1. The average molecular weight is 356 g/mol. The van der Waals surface area contributed by atoms with Crippen molar-refractivity contribution in [2.75, 3.05) is 12.4 Å². The molecular formula is C19H18ClN3O2. The van der Waals surface area contributed by atoms with Crippen LogP contribution in [0.2, 0.25) is 5.02 Å². The van der Waals surface area contributed by atoms with Gasteiger partial charge in [-0.05, 0) is 42.8 Å². The number of benzene rings is 2. The van der Waals surface area contributed by atoms with Crippen LogP contribution in [-0.2, 0) is 11.2 Å². The van der Waals surface area contributed by atoms with Crippen LogP contribution in [0.4, 0.5) is 5.69 Å². The van der Waals surface area contributed by atoms with Gasteiger partial charge in [-0.3, -0.25) is 4.79 Å². The highest BCUT2D eigenvalue weighted by Crippen LogP contribution is 2.26. The number of amides is 1. The van der Waals surface area contributed by atoms with Gasteiger partial charge in [0.1, 0.15) is 5.75 Å². The molecule has 0 radical (unpaired) electrons. The Hall–Kier alpha value is -2.79. The lowest BCUT2D eigenvalue weighted by Gasteiger charge is -2.12. The number of rotatable bonds is 5. The molecule has 6 heteroatoms. The van der Waals surface area contributed by atoms with Crippen LogP contribution in [0, 0.1) is 6.92 Å². The first-order valence-electron chi connectivity index (χ1n) is 7.78. The topological polar surface area (TPSA) is 56.1 Å². The van der Waals surface area contributed by atoms with E-state index < -0.39 is 0 Å². The quantitative estimate of drug-likeness (QED) is 0.752. The molecule has 2 aromatic carbocycles. The lowest BCUT2D eigenvalue weighted by Crippen LogP contribution is -2.14. The van der Waals surface area contributed by atoms with Crippen molar-refractivity contribution < 1.29 is 9.53 Å². The van der Waals surface area contributed by atoms with Gasteiger partial charge in [-0.25, -0.2) is 4.98 Å². The number of nitrogens with zero attached hydrogens (tertiary/aromatic N) is 2. The van der Waals surface area contributed by atoms with E-state index in [9.17, 15) is 4.79 Å². The fourth-order valence-corrected chi connectivity index (χ4v) is 2.64. The Kier molecular flexibility index (Phi) is 5.05. The van der Waals surface area contributed by atoms with Crippen molar-refractivity contribution in [3.63, 3.8) is 0 Å². The Morgan fingerprint density at radius 1 is 1.24 bits per heavy atom. The summed E-state index contributed by atoms with van der Waals surface area (Å²) in [6.45, 7) is 1.92. The zero-order valence-corrected chi connectivity index (χ0v) is 14.7. The smallest absolute Gasteiger partial charge is 0.228 e. The predicted octanol–water partition coefficient (Wildman–Crippen LogP) is 4.02. The van der Waals surface area contributed by atoms with Crippen LogP contribution < -0.4 is 10.1 Å². The van der Waals surface area contributed by atoms with E-state index in [0.29, 0.717) is 16.5 Å². The minimum absolute atomic E-state index is 0.0970. The second kappa shape index (κ2) is 7.40. The molecule has 1 amide bonds. The van der Waals surface area contributed by atoms with E-state index in [1.54, 1.807) is 25.6 Å². The summed E-state index contributed by atoms with van der Waals surface area (Å²) in [7, 11) is 1.61. The van der Waals surface area contributed by atoms with Crippen molar-refractivity contribution >= 4 is 23.2 Å². The Balaban J connectivity index is 1.78. The number of hydrogen-bond acceptors (Lipinski definition) is 3. The maximum atomic E-state index is 12.3. The van der Waals surface area contributed by atoms with Crippen molar-refractivity contribution in [1.29, 1.82) is 0 Å². The van der Waals surface area contributed by atoms with Crippen LogP contribution in [0.3, 0.4) is 0 Å². The van der Waals surface area contributed by atoms with Gasteiger partial charge in [-0.2, -0.15) is 0 Å². The van der Waals surface area contributed by atoms with Crippen LogP contribution in [-0.4, -0.2) is 22.6 Å². The Bertz CT molecular complexity index is 888. The normalized spacial score (nSPS) is 10.5. The van der Waals surface area contributed by atoms with Gasteiger partial charge < -0.3 is 14.6 Å². The summed E-state index contributed by atoms with van der Waals surface area (Å²) in [5.41, 5.74) is 3.31. The van der Waals surface area contributed by atoms with Crippen LogP contribution >= 0.6 is 11.6 Å². The molecule has 0 aliphatic heterocycles.